The third-order valence-corrected chi connectivity index (χ3v) is 5.28. The number of amidine groups is 2. The van der Waals surface area contributed by atoms with Crippen molar-refractivity contribution < 1.29 is 13.9 Å². The van der Waals surface area contributed by atoms with E-state index < -0.39 is 5.82 Å². The molecule has 1 amide bonds. The van der Waals surface area contributed by atoms with Gasteiger partial charge in [-0.15, -0.1) is 0 Å². The number of hydrogen-bond donors (Lipinski definition) is 2. The molecule has 10 heteroatoms. The lowest BCUT2D eigenvalue weighted by Crippen LogP contribution is -2.53. The van der Waals surface area contributed by atoms with Crippen molar-refractivity contribution in [2.24, 2.45) is 0 Å². The fourth-order valence-corrected chi connectivity index (χ4v) is 3.58. The van der Waals surface area contributed by atoms with Gasteiger partial charge >= 0.3 is 0 Å². The summed E-state index contributed by atoms with van der Waals surface area (Å²) in [5, 5.41) is 17.0. The first-order valence-corrected chi connectivity index (χ1v) is 9.24. The van der Waals surface area contributed by atoms with E-state index in [4.69, 9.17) is 15.6 Å². The topological polar surface area (TPSA) is 106 Å². The largest absolute Gasteiger partial charge is 0.370 e. The molecule has 0 saturated carbocycles. The highest BCUT2D eigenvalue weighted by molar-refractivity contribution is 7.07. The second-order valence-corrected chi connectivity index (χ2v) is 7.04. The van der Waals surface area contributed by atoms with Gasteiger partial charge in [0.25, 0.3) is 5.91 Å². The number of carbonyl (C=O) groups excluding carboxylic acids is 1. The van der Waals surface area contributed by atoms with Crippen LogP contribution in [-0.2, 0) is 4.74 Å². The van der Waals surface area contributed by atoms with Crippen molar-refractivity contribution in [1.29, 1.82) is 10.8 Å². The fourth-order valence-electron chi connectivity index (χ4n) is 2.91. The van der Waals surface area contributed by atoms with E-state index in [9.17, 15) is 9.18 Å². The van der Waals surface area contributed by atoms with Gasteiger partial charge in [-0.05, 0) is 35.8 Å². The summed E-state index contributed by atoms with van der Waals surface area (Å²) in [5.74, 6) is 0.172. The number of amides is 1. The Kier molecular flexibility index (Phi) is 4.66. The smallest absolute Gasteiger partial charge is 0.254 e. The van der Waals surface area contributed by atoms with Gasteiger partial charge in [0.05, 0.1) is 13.2 Å². The Bertz CT molecular complexity index is 895. The maximum atomic E-state index is 13.0. The van der Waals surface area contributed by atoms with Gasteiger partial charge in [0.2, 0.25) is 0 Å². The summed E-state index contributed by atoms with van der Waals surface area (Å²) in [5.41, 5.74) is 0.377. The minimum Gasteiger partial charge on any atom is -0.370 e. The number of nitrogens with zero attached hydrogens (tertiary/aromatic N) is 4. The van der Waals surface area contributed by atoms with Crippen LogP contribution in [0.15, 0.2) is 24.3 Å². The predicted molar refractivity (Wildman–Crippen MR) is 96.8 cm³/mol. The van der Waals surface area contributed by atoms with Gasteiger partial charge in [0, 0.05) is 25.1 Å². The first kappa shape index (κ1) is 17.7. The van der Waals surface area contributed by atoms with Crippen LogP contribution in [0.1, 0.15) is 33.7 Å². The lowest BCUT2D eigenvalue weighted by atomic mass is 10.1. The second kappa shape index (κ2) is 7.12. The third kappa shape index (κ3) is 3.45. The highest BCUT2D eigenvalue weighted by Crippen LogP contribution is 2.28. The Morgan fingerprint density at radius 3 is 2.67 bits per heavy atom. The summed E-state index contributed by atoms with van der Waals surface area (Å²) in [6.45, 7) is 1.46. The molecule has 8 nitrogen and oxygen atoms in total. The van der Waals surface area contributed by atoms with Crippen molar-refractivity contribution in [3.63, 3.8) is 0 Å². The summed E-state index contributed by atoms with van der Waals surface area (Å²) >= 11 is 1.12. The lowest BCUT2D eigenvalue weighted by Gasteiger charge is -2.35. The van der Waals surface area contributed by atoms with E-state index in [0.29, 0.717) is 36.1 Å². The quantitative estimate of drug-likeness (QED) is 0.617. The molecule has 1 aromatic carbocycles. The van der Waals surface area contributed by atoms with E-state index in [-0.39, 0.29) is 30.2 Å². The SMILES string of the molecule is N=C1CN(C(=O)c2ccc(F)cc2)CCN1C(=N)c1nc(C2CCO2)ns1. The highest BCUT2D eigenvalue weighted by Gasteiger charge is 2.31. The van der Waals surface area contributed by atoms with E-state index in [1.54, 1.807) is 0 Å². The summed E-state index contributed by atoms with van der Waals surface area (Å²) in [6, 6.07) is 5.34. The Morgan fingerprint density at radius 2 is 2.04 bits per heavy atom. The molecule has 1 aromatic heterocycles. The van der Waals surface area contributed by atoms with Crippen molar-refractivity contribution in [2.45, 2.75) is 12.5 Å². The van der Waals surface area contributed by atoms with Crippen molar-refractivity contribution in [3.05, 3.63) is 46.5 Å². The molecule has 2 aliphatic rings. The van der Waals surface area contributed by atoms with Gasteiger partial charge in [-0.2, -0.15) is 4.37 Å². The van der Waals surface area contributed by atoms with Crippen LogP contribution in [0.5, 0.6) is 0 Å². The number of benzene rings is 1. The minimum absolute atomic E-state index is 0.0794. The van der Waals surface area contributed by atoms with Crippen LogP contribution in [0, 0.1) is 16.6 Å². The Morgan fingerprint density at radius 1 is 1.30 bits per heavy atom. The van der Waals surface area contributed by atoms with Gasteiger partial charge in [-0.3, -0.25) is 15.6 Å². The Balaban J connectivity index is 1.41. The minimum atomic E-state index is -0.402. The molecule has 2 fully saturated rings. The Labute approximate surface area is 158 Å². The zero-order chi connectivity index (χ0) is 19.0. The number of hydrogen-bond acceptors (Lipinski definition) is 7. The highest BCUT2D eigenvalue weighted by atomic mass is 32.1. The number of carbonyl (C=O) groups is 1. The second-order valence-electron chi connectivity index (χ2n) is 6.29. The molecule has 2 N–H and O–H groups in total. The first-order valence-electron chi connectivity index (χ1n) is 8.47. The van der Waals surface area contributed by atoms with E-state index >= 15 is 0 Å². The summed E-state index contributed by atoms with van der Waals surface area (Å²) in [4.78, 5) is 19.9. The number of rotatable bonds is 3. The van der Waals surface area contributed by atoms with Crippen LogP contribution in [0.3, 0.4) is 0 Å². The average Bonchev–Trinajstić information content (AvgIpc) is 3.09. The molecule has 0 spiro atoms. The van der Waals surface area contributed by atoms with Crippen molar-refractivity contribution in [2.75, 3.05) is 26.2 Å². The maximum absolute atomic E-state index is 13.0. The van der Waals surface area contributed by atoms with Crippen LogP contribution in [0.4, 0.5) is 4.39 Å². The number of nitrogens with one attached hydrogen (secondary N) is 2. The molecular weight excluding hydrogens is 371 g/mol. The molecule has 4 rings (SSSR count). The number of ether oxygens (including phenoxy) is 1. The van der Waals surface area contributed by atoms with Gasteiger partial charge in [0.1, 0.15) is 17.8 Å². The molecule has 2 aliphatic heterocycles. The molecule has 1 unspecified atom stereocenters. The van der Waals surface area contributed by atoms with E-state index in [1.165, 1.54) is 34.1 Å². The number of halogens is 1. The van der Waals surface area contributed by atoms with Crippen LogP contribution in [-0.4, -0.2) is 63.0 Å². The maximum Gasteiger partial charge on any atom is 0.254 e. The van der Waals surface area contributed by atoms with E-state index in [0.717, 1.165) is 18.0 Å². The number of piperazine rings is 1. The van der Waals surface area contributed by atoms with Gasteiger partial charge in [0.15, 0.2) is 16.7 Å². The Hall–Kier alpha value is -2.72. The average molecular weight is 388 g/mol. The molecule has 3 heterocycles. The molecular formula is C17H17FN6O2S. The van der Waals surface area contributed by atoms with Crippen LogP contribution >= 0.6 is 11.5 Å². The summed E-state index contributed by atoms with van der Waals surface area (Å²) < 4.78 is 22.6. The molecule has 0 radical (unpaired) electrons. The van der Waals surface area contributed by atoms with Crippen LogP contribution in [0.2, 0.25) is 0 Å². The standard InChI is InChI=1S/C17H17FN6O2S/c18-11-3-1-10(2-4-11)17(25)23-6-7-24(13(19)9-23)14(20)16-21-15(22-27-16)12-5-8-26-12/h1-4,12,19-20H,5-9H2. The molecule has 27 heavy (non-hydrogen) atoms. The van der Waals surface area contributed by atoms with Crippen molar-refractivity contribution >= 4 is 29.1 Å². The van der Waals surface area contributed by atoms with Crippen LogP contribution in [0.25, 0.3) is 0 Å². The van der Waals surface area contributed by atoms with E-state index in [1.807, 2.05) is 0 Å². The van der Waals surface area contributed by atoms with Crippen molar-refractivity contribution in [3.8, 4) is 0 Å². The van der Waals surface area contributed by atoms with Crippen LogP contribution < -0.4 is 0 Å². The third-order valence-electron chi connectivity index (χ3n) is 4.54. The summed E-state index contributed by atoms with van der Waals surface area (Å²) in [7, 11) is 0. The molecule has 0 aliphatic carbocycles. The van der Waals surface area contributed by atoms with Crippen molar-refractivity contribution in [1.82, 2.24) is 19.2 Å². The van der Waals surface area contributed by atoms with Gasteiger partial charge in [-0.1, -0.05) is 0 Å². The fraction of sp³-hybridized carbons (Fsp3) is 0.353. The zero-order valence-corrected chi connectivity index (χ0v) is 15.1. The molecule has 2 saturated heterocycles. The molecule has 2 aromatic rings. The predicted octanol–water partition coefficient (Wildman–Crippen LogP) is 1.90. The molecule has 0 bridgehead atoms. The molecule has 1 atom stereocenters. The zero-order valence-electron chi connectivity index (χ0n) is 14.3. The van der Waals surface area contributed by atoms with Gasteiger partial charge in [-0.25, -0.2) is 9.37 Å². The lowest BCUT2D eigenvalue weighted by molar-refractivity contribution is -0.0573. The monoisotopic (exact) mass is 388 g/mol. The van der Waals surface area contributed by atoms with E-state index in [2.05, 4.69) is 9.36 Å². The molecule has 140 valence electrons. The van der Waals surface area contributed by atoms with Gasteiger partial charge < -0.3 is 14.5 Å². The number of aromatic nitrogens is 2. The normalized spacial score (nSPS) is 19.7. The summed E-state index contributed by atoms with van der Waals surface area (Å²) in [6.07, 6.45) is 0.788. The first-order chi connectivity index (χ1) is 13.0.